The minimum absolute atomic E-state index is 0.309. The summed E-state index contributed by atoms with van der Waals surface area (Å²) in [5.74, 6) is -0.129. The average molecular weight is 368 g/mol. The van der Waals surface area contributed by atoms with Crippen molar-refractivity contribution < 1.29 is 19.1 Å². The monoisotopic (exact) mass is 368 g/mol. The Hall–Kier alpha value is -2.62. The fourth-order valence-corrected chi connectivity index (χ4v) is 3.10. The summed E-state index contributed by atoms with van der Waals surface area (Å²) in [5, 5.41) is 0. The molecule has 2 aromatic rings. The van der Waals surface area contributed by atoms with E-state index in [1.165, 1.54) is 0 Å². The zero-order valence-corrected chi connectivity index (χ0v) is 16.6. The van der Waals surface area contributed by atoms with E-state index in [0.29, 0.717) is 24.3 Å². The van der Waals surface area contributed by atoms with E-state index in [2.05, 4.69) is 0 Å². The van der Waals surface area contributed by atoms with Gasteiger partial charge in [-0.3, -0.25) is 9.59 Å². The van der Waals surface area contributed by atoms with Crippen LogP contribution in [0, 0.1) is 5.41 Å². The SMILES string of the molecule is CCc1ccccc1OC(=O)C(CC)(CC)C(=O)Oc1ccccc1CC. The normalized spacial score (nSPS) is 11.1. The predicted molar refractivity (Wildman–Crippen MR) is 106 cm³/mol. The highest BCUT2D eigenvalue weighted by Crippen LogP contribution is 2.33. The van der Waals surface area contributed by atoms with Crippen LogP contribution in [0.15, 0.2) is 48.5 Å². The standard InChI is InChI=1S/C23H28O4/c1-5-17-13-9-11-15-19(17)26-21(24)23(7-3,8-4)22(25)27-20-16-12-10-14-18(20)6-2/h9-16H,5-8H2,1-4H3. The molecule has 0 N–H and O–H groups in total. The molecule has 0 heterocycles. The summed E-state index contributed by atoms with van der Waals surface area (Å²) in [6.07, 6.45) is 2.10. The molecule has 0 aliphatic heterocycles. The number of aryl methyl sites for hydroxylation is 2. The summed E-state index contributed by atoms with van der Waals surface area (Å²) >= 11 is 0. The van der Waals surface area contributed by atoms with Crippen LogP contribution in [0.25, 0.3) is 0 Å². The van der Waals surface area contributed by atoms with Gasteiger partial charge in [0, 0.05) is 0 Å². The smallest absolute Gasteiger partial charge is 0.328 e. The van der Waals surface area contributed by atoms with E-state index in [0.717, 1.165) is 24.0 Å². The van der Waals surface area contributed by atoms with Crippen molar-refractivity contribution in [1.82, 2.24) is 0 Å². The lowest BCUT2D eigenvalue weighted by atomic mass is 9.82. The van der Waals surface area contributed by atoms with Crippen LogP contribution in [0.3, 0.4) is 0 Å². The third-order valence-electron chi connectivity index (χ3n) is 5.10. The number of carbonyl (C=O) groups is 2. The van der Waals surface area contributed by atoms with Crippen LogP contribution in [0.1, 0.15) is 51.7 Å². The molecule has 144 valence electrons. The number of esters is 2. The number of hydrogen-bond donors (Lipinski definition) is 0. The van der Waals surface area contributed by atoms with Gasteiger partial charge < -0.3 is 9.47 Å². The van der Waals surface area contributed by atoms with Crippen molar-refractivity contribution in [2.75, 3.05) is 0 Å². The molecule has 4 nitrogen and oxygen atoms in total. The molecule has 0 spiro atoms. The molecule has 0 saturated carbocycles. The fourth-order valence-electron chi connectivity index (χ4n) is 3.10. The molecule has 0 bridgehead atoms. The first-order valence-corrected chi connectivity index (χ1v) is 9.62. The summed E-state index contributed by atoms with van der Waals surface area (Å²) in [7, 11) is 0. The van der Waals surface area contributed by atoms with Gasteiger partial charge in [0.05, 0.1) is 0 Å². The Morgan fingerprint density at radius 1 is 0.704 bits per heavy atom. The van der Waals surface area contributed by atoms with Crippen molar-refractivity contribution in [3.8, 4) is 11.5 Å². The third kappa shape index (κ3) is 4.38. The third-order valence-corrected chi connectivity index (χ3v) is 5.10. The highest BCUT2D eigenvalue weighted by Gasteiger charge is 2.46. The van der Waals surface area contributed by atoms with E-state index >= 15 is 0 Å². The van der Waals surface area contributed by atoms with Crippen molar-refractivity contribution in [1.29, 1.82) is 0 Å². The van der Waals surface area contributed by atoms with Gasteiger partial charge in [-0.15, -0.1) is 0 Å². The maximum Gasteiger partial charge on any atom is 0.328 e. The zero-order chi connectivity index (χ0) is 19.9. The number of carbonyl (C=O) groups excluding carboxylic acids is 2. The Kier molecular flexibility index (Phi) is 7.17. The second-order valence-electron chi connectivity index (χ2n) is 6.49. The zero-order valence-electron chi connectivity index (χ0n) is 16.6. The first-order chi connectivity index (χ1) is 13.0. The molecule has 0 radical (unpaired) electrons. The second kappa shape index (κ2) is 9.36. The summed E-state index contributed by atoms with van der Waals surface area (Å²) in [5.41, 5.74) is 0.523. The number of rotatable bonds is 8. The number of hydrogen-bond acceptors (Lipinski definition) is 4. The Balaban J connectivity index is 2.29. The van der Waals surface area contributed by atoms with Gasteiger partial charge >= 0.3 is 11.9 Å². The van der Waals surface area contributed by atoms with E-state index in [1.807, 2.05) is 64.1 Å². The first kappa shape index (κ1) is 20.7. The largest absolute Gasteiger partial charge is 0.425 e. The molecule has 0 aliphatic carbocycles. The molecule has 0 aromatic heterocycles. The summed E-state index contributed by atoms with van der Waals surface area (Å²) in [6, 6.07) is 14.8. The van der Waals surface area contributed by atoms with Gasteiger partial charge in [0.1, 0.15) is 11.5 Å². The van der Waals surface area contributed by atoms with Crippen LogP contribution in [0.5, 0.6) is 11.5 Å². The van der Waals surface area contributed by atoms with Gasteiger partial charge in [-0.2, -0.15) is 0 Å². The van der Waals surface area contributed by atoms with E-state index < -0.39 is 17.4 Å². The molecular formula is C23H28O4. The molecule has 0 saturated heterocycles. The Morgan fingerprint density at radius 2 is 1.07 bits per heavy atom. The minimum atomic E-state index is -1.33. The van der Waals surface area contributed by atoms with Crippen molar-refractivity contribution >= 4 is 11.9 Å². The molecule has 27 heavy (non-hydrogen) atoms. The van der Waals surface area contributed by atoms with Crippen LogP contribution in [-0.2, 0) is 22.4 Å². The fraction of sp³-hybridized carbons (Fsp3) is 0.391. The summed E-state index contributed by atoms with van der Waals surface area (Å²) < 4.78 is 11.3. The lowest BCUT2D eigenvalue weighted by molar-refractivity contribution is -0.161. The van der Waals surface area contributed by atoms with Crippen LogP contribution in [0.2, 0.25) is 0 Å². The quantitative estimate of drug-likeness (QED) is 0.368. The number of para-hydroxylation sites is 2. The van der Waals surface area contributed by atoms with Gasteiger partial charge in [0.15, 0.2) is 5.41 Å². The van der Waals surface area contributed by atoms with Gasteiger partial charge in [0.2, 0.25) is 0 Å². The Morgan fingerprint density at radius 3 is 1.41 bits per heavy atom. The Labute approximate surface area is 161 Å². The van der Waals surface area contributed by atoms with Crippen LogP contribution in [-0.4, -0.2) is 11.9 Å². The maximum absolute atomic E-state index is 13.0. The highest BCUT2D eigenvalue weighted by atomic mass is 16.6. The topological polar surface area (TPSA) is 52.6 Å². The van der Waals surface area contributed by atoms with Gasteiger partial charge in [-0.05, 0) is 48.9 Å². The molecule has 2 rings (SSSR count). The van der Waals surface area contributed by atoms with Crippen LogP contribution >= 0.6 is 0 Å². The molecular weight excluding hydrogens is 340 g/mol. The van der Waals surface area contributed by atoms with E-state index in [9.17, 15) is 9.59 Å². The summed E-state index contributed by atoms with van der Waals surface area (Å²) in [6.45, 7) is 7.61. The van der Waals surface area contributed by atoms with Crippen molar-refractivity contribution in [3.63, 3.8) is 0 Å². The molecule has 4 heteroatoms. The molecule has 0 fully saturated rings. The van der Waals surface area contributed by atoms with E-state index in [4.69, 9.17) is 9.47 Å². The molecule has 0 amide bonds. The highest BCUT2D eigenvalue weighted by molar-refractivity contribution is 6.01. The molecule has 0 atom stereocenters. The number of ether oxygens (including phenoxy) is 2. The summed E-state index contributed by atoms with van der Waals surface area (Å²) in [4.78, 5) is 26.1. The van der Waals surface area contributed by atoms with Crippen molar-refractivity contribution in [2.24, 2.45) is 5.41 Å². The molecule has 0 unspecified atom stereocenters. The maximum atomic E-state index is 13.0. The lowest BCUT2D eigenvalue weighted by Crippen LogP contribution is -2.44. The van der Waals surface area contributed by atoms with Gasteiger partial charge in [0.25, 0.3) is 0 Å². The van der Waals surface area contributed by atoms with Crippen LogP contribution in [0.4, 0.5) is 0 Å². The Bertz CT molecular complexity index is 727. The predicted octanol–water partition coefficient (Wildman–Crippen LogP) is 5.13. The molecule has 0 aliphatic rings. The van der Waals surface area contributed by atoms with Gasteiger partial charge in [-0.1, -0.05) is 64.1 Å². The second-order valence-corrected chi connectivity index (χ2v) is 6.49. The average Bonchev–Trinajstić information content (AvgIpc) is 2.70. The van der Waals surface area contributed by atoms with E-state index in [1.54, 1.807) is 12.1 Å². The van der Waals surface area contributed by atoms with Gasteiger partial charge in [-0.25, -0.2) is 0 Å². The first-order valence-electron chi connectivity index (χ1n) is 9.62. The van der Waals surface area contributed by atoms with Crippen molar-refractivity contribution in [3.05, 3.63) is 59.7 Å². The van der Waals surface area contributed by atoms with E-state index in [-0.39, 0.29) is 0 Å². The van der Waals surface area contributed by atoms with Crippen molar-refractivity contribution in [2.45, 2.75) is 53.4 Å². The van der Waals surface area contributed by atoms with Crippen LogP contribution < -0.4 is 9.47 Å². The number of benzene rings is 2. The lowest BCUT2D eigenvalue weighted by Gasteiger charge is -2.27. The minimum Gasteiger partial charge on any atom is -0.425 e. The molecule has 2 aromatic carbocycles.